The number of rotatable bonds is 7. The van der Waals surface area contributed by atoms with Gasteiger partial charge in [-0.05, 0) is 29.7 Å². The summed E-state index contributed by atoms with van der Waals surface area (Å²) in [5.41, 5.74) is 7.69. The van der Waals surface area contributed by atoms with Crippen molar-refractivity contribution in [1.29, 1.82) is 0 Å². The molecule has 0 saturated heterocycles. The van der Waals surface area contributed by atoms with Crippen LogP contribution in [0, 0.1) is 0 Å². The molecule has 0 saturated carbocycles. The molecular formula is C17H21NO3. The average Bonchev–Trinajstić information content (AvgIpc) is 2.54. The number of aliphatic hydroxyl groups excluding tert-OH is 2. The maximum atomic E-state index is 10.1. The third-order valence-corrected chi connectivity index (χ3v) is 3.32. The fourth-order valence-electron chi connectivity index (χ4n) is 2.09. The van der Waals surface area contributed by atoms with Gasteiger partial charge in [0.05, 0.1) is 0 Å². The van der Waals surface area contributed by atoms with Crippen LogP contribution in [0.1, 0.15) is 29.7 Å². The van der Waals surface area contributed by atoms with Crippen LogP contribution in [-0.2, 0) is 0 Å². The first-order chi connectivity index (χ1) is 10.2. The topological polar surface area (TPSA) is 75.7 Å². The van der Waals surface area contributed by atoms with E-state index in [4.69, 9.17) is 15.6 Å². The Morgan fingerprint density at radius 1 is 1.00 bits per heavy atom. The number of hydrogen-bond acceptors (Lipinski definition) is 4. The number of benzene rings is 2. The van der Waals surface area contributed by atoms with E-state index in [-0.39, 0.29) is 19.3 Å². The van der Waals surface area contributed by atoms with Crippen molar-refractivity contribution in [2.75, 3.05) is 13.2 Å². The van der Waals surface area contributed by atoms with Crippen molar-refractivity contribution in [3.8, 4) is 5.75 Å². The Morgan fingerprint density at radius 2 is 1.71 bits per heavy atom. The molecule has 2 unspecified atom stereocenters. The molecule has 0 bridgehead atoms. The van der Waals surface area contributed by atoms with Gasteiger partial charge in [-0.25, -0.2) is 0 Å². The number of hydrogen-bond donors (Lipinski definition) is 3. The monoisotopic (exact) mass is 287 g/mol. The molecule has 21 heavy (non-hydrogen) atoms. The maximum absolute atomic E-state index is 10.1. The van der Waals surface area contributed by atoms with Crippen LogP contribution in [0.3, 0.4) is 0 Å². The van der Waals surface area contributed by atoms with E-state index in [1.165, 1.54) is 0 Å². The summed E-state index contributed by atoms with van der Waals surface area (Å²) in [6.07, 6.45) is -0.156. The molecule has 112 valence electrons. The normalized spacial score (nSPS) is 13.7. The molecule has 0 fully saturated rings. The molecule has 0 aliphatic rings. The first-order valence-corrected chi connectivity index (χ1v) is 7.03. The molecule has 0 aromatic heterocycles. The Hall–Kier alpha value is -1.88. The van der Waals surface area contributed by atoms with E-state index >= 15 is 0 Å². The Bertz CT molecular complexity index is 545. The van der Waals surface area contributed by atoms with Crippen LogP contribution in [0.4, 0.5) is 0 Å². The second-order valence-electron chi connectivity index (χ2n) is 4.93. The van der Waals surface area contributed by atoms with Crippen molar-refractivity contribution >= 4 is 0 Å². The van der Waals surface area contributed by atoms with Crippen LogP contribution in [-0.4, -0.2) is 23.4 Å². The van der Waals surface area contributed by atoms with E-state index in [1.54, 1.807) is 0 Å². The van der Waals surface area contributed by atoms with E-state index in [0.29, 0.717) is 12.2 Å². The van der Waals surface area contributed by atoms with Crippen LogP contribution in [0.5, 0.6) is 5.75 Å². The smallest absolute Gasteiger partial charge is 0.119 e. The standard InChI is InChI=1S/C17H21NO3/c18-16(9-10-19)14-7-4-8-15(11-14)21-12-17(20)13-5-2-1-3-6-13/h1-8,11,16-17,19-20H,9-10,12,18H2. The van der Waals surface area contributed by atoms with Crippen molar-refractivity contribution in [2.45, 2.75) is 18.6 Å². The lowest BCUT2D eigenvalue weighted by molar-refractivity contribution is 0.108. The van der Waals surface area contributed by atoms with Gasteiger partial charge in [-0.2, -0.15) is 0 Å². The Labute approximate surface area is 124 Å². The van der Waals surface area contributed by atoms with Crippen molar-refractivity contribution in [3.05, 3.63) is 65.7 Å². The van der Waals surface area contributed by atoms with Crippen LogP contribution < -0.4 is 10.5 Å². The van der Waals surface area contributed by atoms with Crippen LogP contribution in [0.2, 0.25) is 0 Å². The second kappa shape index (κ2) is 7.78. The first-order valence-electron chi connectivity index (χ1n) is 7.03. The van der Waals surface area contributed by atoms with Gasteiger partial charge < -0.3 is 20.7 Å². The third-order valence-electron chi connectivity index (χ3n) is 3.32. The minimum Gasteiger partial charge on any atom is -0.491 e. The predicted octanol–water partition coefficient (Wildman–Crippen LogP) is 2.18. The summed E-state index contributed by atoms with van der Waals surface area (Å²) in [6.45, 7) is 0.238. The molecule has 4 nitrogen and oxygen atoms in total. The largest absolute Gasteiger partial charge is 0.491 e. The maximum Gasteiger partial charge on any atom is 0.119 e. The zero-order chi connectivity index (χ0) is 15.1. The molecule has 4 heteroatoms. The molecule has 2 rings (SSSR count). The van der Waals surface area contributed by atoms with Gasteiger partial charge >= 0.3 is 0 Å². The van der Waals surface area contributed by atoms with Gasteiger partial charge in [-0.15, -0.1) is 0 Å². The zero-order valence-corrected chi connectivity index (χ0v) is 11.9. The molecule has 0 heterocycles. The average molecular weight is 287 g/mol. The first kappa shape index (κ1) is 15.5. The van der Waals surface area contributed by atoms with E-state index in [2.05, 4.69) is 0 Å². The summed E-state index contributed by atoms with van der Waals surface area (Å²) in [4.78, 5) is 0. The lowest BCUT2D eigenvalue weighted by atomic mass is 10.1. The number of nitrogens with two attached hydrogens (primary N) is 1. The molecule has 2 aromatic carbocycles. The van der Waals surface area contributed by atoms with Gasteiger partial charge in [0.15, 0.2) is 0 Å². The van der Waals surface area contributed by atoms with Gasteiger partial charge in [0.25, 0.3) is 0 Å². The lowest BCUT2D eigenvalue weighted by Gasteiger charge is -2.15. The minimum atomic E-state index is -0.666. The summed E-state index contributed by atoms with van der Waals surface area (Å²) in [7, 11) is 0. The van der Waals surface area contributed by atoms with E-state index < -0.39 is 6.10 Å². The molecule has 0 radical (unpaired) electrons. The molecule has 0 spiro atoms. The Morgan fingerprint density at radius 3 is 2.43 bits per heavy atom. The highest BCUT2D eigenvalue weighted by atomic mass is 16.5. The predicted molar refractivity (Wildman–Crippen MR) is 82.0 cm³/mol. The number of ether oxygens (including phenoxy) is 1. The van der Waals surface area contributed by atoms with Crippen LogP contribution >= 0.6 is 0 Å². The minimum absolute atomic E-state index is 0.0545. The lowest BCUT2D eigenvalue weighted by Crippen LogP contribution is -2.13. The zero-order valence-electron chi connectivity index (χ0n) is 11.9. The highest BCUT2D eigenvalue weighted by Gasteiger charge is 2.09. The van der Waals surface area contributed by atoms with Crippen molar-refractivity contribution in [3.63, 3.8) is 0 Å². The fraction of sp³-hybridized carbons (Fsp3) is 0.294. The Balaban J connectivity index is 1.95. The molecular weight excluding hydrogens is 266 g/mol. The fourth-order valence-corrected chi connectivity index (χ4v) is 2.09. The molecule has 4 N–H and O–H groups in total. The van der Waals surface area contributed by atoms with Crippen LogP contribution in [0.25, 0.3) is 0 Å². The summed E-state index contributed by atoms with van der Waals surface area (Å²) in [5, 5.41) is 19.0. The van der Waals surface area contributed by atoms with Gasteiger partial charge in [-0.3, -0.25) is 0 Å². The SMILES string of the molecule is NC(CCO)c1cccc(OCC(O)c2ccccc2)c1. The summed E-state index contributed by atoms with van der Waals surface area (Å²) < 4.78 is 5.62. The van der Waals surface area contributed by atoms with E-state index in [9.17, 15) is 5.11 Å². The molecule has 0 amide bonds. The van der Waals surface area contributed by atoms with E-state index in [0.717, 1.165) is 11.1 Å². The molecule has 0 aliphatic carbocycles. The highest BCUT2D eigenvalue weighted by molar-refractivity contribution is 5.30. The molecule has 2 aromatic rings. The van der Waals surface area contributed by atoms with Crippen molar-refractivity contribution < 1.29 is 14.9 Å². The third kappa shape index (κ3) is 4.56. The van der Waals surface area contributed by atoms with Gasteiger partial charge in [0.2, 0.25) is 0 Å². The molecule has 2 atom stereocenters. The molecule has 0 aliphatic heterocycles. The summed E-state index contributed by atoms with van der Waals surface area (Å²) in [5.74, 6) is 0.663. The summed E-state index contributed by atoms with van der Waals surface area (Å²) in [6, 6.07) is 16.6. The quantitative estimate of drug-likeness (QED) is 0.729. The van der Waals surface area contributed by atoms with Gasteiger partial charge in [-0.1, -0.05) is 42.5 Å². The second-order valence-corrected chi connectivity index (χ2v) is 4.93. The Kier molecular flexibility index (Phi) is 5.75. The van der Waals surface area contributed by atoms with Crippen molar-refractivity contribution in [1.82, 2.24) is 0 Å². The van der Waals surface area contributed by atoms with Crippen molar-refractivity contribution in [2.24, 2.45) is 5.73 Å². The van der Waals surface area contributed by atoms with Gasteiger partial charge in [0.1, 0.15) is 18.5 Å². The summed E-state index contributed by atoms with van der Waals surface area (Å²) >= 11 is 0. The van der Waals surface area contributed by atoms with E-state index in [1.807, 2.05) is 54.6 Å². The van der Waals surface area contributed by atoms with Gasteiger partial charge in [0, 0.05) is 12.6 Å². The number of aliphatic hydroxyl groups is 2. The highest BCUT2D eigenvalue weighted by Crippen LogP contribution is 2.21. The van der Waals surface area contributed by atoms with Crippen LogP contribution in [0.15, 0.2) is 54.6 Å².